The van der Waals surface area contributed by atoms with Crippen LogP contribution in [0.3, 0.4) is 0 Å². The van der Waals surface area contributed by atoms with Gasteiger partial charge in [0.2, 0.25) is 0 Å². The topological polar surface area (TPSA) is 38.9 Å². The Morgan fingerprint density at radius 3 is 2.29 bits per heavy atom. The minimum Gasteiger partial charge on any atom is -0.326 e. The molecule has 0 saturated heterocycles. The molecule has 1 heterocycles. The maximum absolute atomic E-state index is 5.69. The molecule has 0 unspecified atom stereocenters. The molecule has 14 heavy (non-hydrogen) atoms. The Kier molecular flexibility index (Phi) is 4.55. The summed E-state index contributed by atoms with van der Waals surface area (Å²) in [7, 11) is 0. The van der Waals surface area contributed by atoms with Crippen molar-refractivity contribution in [3.63, 3.8) is 0 Å². The molecule has 0 atom stereocenters. The normalized spacial score (nSPS) is 11.2. The van der Waals surface area contributed by atoms with Crippen molar-refractivity contribution in [1.29, 1.82) is 0 Å². The first-order valence-corrected chi connectivity index (χ1v) is 6.26. The Labute approximate surface area is 90.6 Å². The minimum atomic E-state index is 0.630. The van der Waals surface area contributed by atoms with Crippen LogP contribution in [0.4, 0.5) is 0 Å². The van der Waals surface area contributed by atoms with Crippen LogP contribution in [0.1, 0.15) is 55.1 Å². The van der Waals surface area contributed by atoms with Crippen LogP contribution in [0, 0.1) is 0 Å². The van der Waals surface area contributed by atoms with Crippen molar-refractivity contribution in [2.75, 3.05) is 0 Å². The van der Waals surface area contributed by atoms with Gasteiger partial charge in [0.05, 0.1) is 10.7 Å². The summed E-state index contributed by atoms with van der Waals surface area (Å²) in [4.78, 5) is 5.95. The lowest BCUT2D eigenvalue weighted by atomic mass is 10.1. The molecule has 0 saturated carbocycles. The molecule has 2 N–H and O–H groups in total. The molecule has 1 rings (SSSR count). The fourth-order valence-corrected chi connectivity index (χ4v) is 2.95. The van der Waals surface area contributed by atoms with E-state index in [0.717, 1.165) is 6.42 Å². The Hall–Kier alpha value is -0.410. The monoisotopic (exact) mass is 212 g/mol. The van der Waals surface area contributed by atoms with Crippen LogP contribution in [0.15, 0.2) is 0 Å². The van der Waals surface area contributed by atoms with Crippen molar-refractivity contribution in [2.24, 2.45) is 5.73 Å². The van der Waals surface area contributed by atoms with Gasteiger partial charge in [-0.2, -0.15) is 0 Å². The average molecular weight is 212 g/mol. The second-order valence-electron chi connectivity index (χ2n) is 3.49. The molecule has 0 bridgehead atoms. The molecule has 0 fully saturated rings. The number of hydrogen-bond donors (Lipinski definition) is 1. The van der Waals surface area contributed by atoms with Gasteiger partial charge in [0, 0.05) is 17.3 Å². The summed E-state index contributed by atoms with van der Waals surface area (Å²) in [5, 5.41) is 1.28. The van der Waals surface area contributed by atoms with E-state index in [1.165, 1.54) is 28.4 Å². The van der Waals surface area contributed by atoms with Crippen LogP contribution >= 0.6 is 11.3 Å². The van der Waals surface area contributed by atoms with Crippen LogP contribution in [-0.4, -0.2) is 4.98 Å². The molecule has 3 heteroatoms. The first-order chi connectivity index (χ1) is 6.76. The number of nitrogens with two attached hydrogens (primary N) is 1. The van der Waals surface area contributed by atoms with Gasteiger partial charge in [-0.05, 0) is 19.3 Å². The van der Waals surface area contributed by atoms with Gasteiger partial charge in [0.25, 0.3) is 0 Å². The molecule has 1 aromatic rings. The maximum Gasteiger partial charge on any atom is 0.0962 e. The zero-order valence-corrected chi connectivity index (χ0v) is 10.2. The standard InChI is InChI=1S/C11H20N2S/c1-4-8(5-2)11-13-9(6-3)10(7-12)14-11/h8H,4-7,12H2,1-3H3. The van der Waals surface area contributed by atoms with E-state index in [2.05, 4.69) is 25.8 Å². The predicted molar refractivity (Wildman–Crippen MR) is 62.7 cm³/mol. The molecule has 0 aliphatic heterocycles. The summed E-state index contributed by atoms with van der Waals surface area (Å²) in [6.45, 7) is 7.23. The van der Waals surface area contributed by atoms with Gasteiger partial charge in [0.15, 0.2) is 0 Å². The Morgan fingerprint density at radius 2 is 1.93 bits per heavy atom. The smallest absolute Gasteiger partial charge is 0.0962 e. The van der Waals surface area contributed by atoms with Crippen molar-refractivity contribution in [2.45, 2.75) is 52.5 Å². The number of aromatic nitrogens is 1. The fraction of sp³-hybridized carbons (Fsp3) is 0.727. The second kappa shape index (κ2) is 5.47. The van der Waals surface area contributed by atoms with Gasteiger partial charge >= 0.3 is 0 Å². The van der Waals surface area contributed by atoms with Crippen LogP contribution in [0.2, 0.25) is 0 Å². The van der Waals surface area contributed by atoms with Gasteiger partial charge in [-0.25, -0.2) is 4.98 Å². The summed E-state index contributed by atoms with van der Waals surface area (Å²) < 4.78 is 0. The molecule has 0 aromatic carbocycles. The highest BCUT2D eigenvalue weighted by molar-refractivity contribution is 7.11. The molecule has 0 aliphatic rings. The molecule has 0 radical (unpaired) electrons. The number of aryl methyl sites for hydroxylation is 1. The zero-order chi connectivity index (χ0) is 10.6. The lowest BCUT2D eigenvalue weighted by Crippen LogP contribution is -1.97. The number of nitrogens with zero attached hydrogens (tertiary/aromatic N) is 1. The Bertz CT molecular complexity index is 255. The highest BCUT2D eigenvalue weighted by Gasteiger charge is 2.14. The van der Waals surface area contributed by atoms with Crippen molar-refractivity contribution in [1.82, 2.24) is 4.98 Å². The molecule has 80 valence electrons. The third kappa shape index (κ3) is 2.34. The summed E-state index contributed by atoms with van der Waals surface area (Å²) in [5.74, 6) is 0.630. The van der Waals surface area contributed by atoms with E-state index in [1.54, 1.807) is 11.3 Å². The van der Waals surface area contributed by atoms with Gasteiger partial charge < -0.3 is 5.73 Å². The first-order valence-electron chi connectivity index (χ1n) is 5.45. The van der Waals surface area contributed by atoms with E-state index < -0.39 is 0 Å². The van der Waals surface area contributed by atoms with Crippen molar-refractivity contribution in [3.05, 3.63) is 15.6 Å². The van der Waals surface area contributed by atoms with Crippen molar-refractivity contribution in [3.8, 4) is 0 Å². The summed E-state index contributed by atoms with van der Waals surface area (Å²) >= 11 is 1.81. The number of hydrogen-bond acceptors (Lipinski definition) is 3. The Balaban J connectivity index is 2.93. The van der Waals surface area contributed by atoms with E-state index in [1.807, 2.05) is 0 Å². The number of rotatable bonds is 5. The first kappa shape index (κ1) is 11.7. The van der Waals surface area contributed by atoms with E-state index >= 15 is 0 Å². The third-order valence-electron chi connectivity index (χ3n) is 2.65. The molecule has 2 nitrogen and oxygen atoms in total. The van der Waals surface area contributed by atoms with Crippen LogP contribution in [0.5, 0.6) is 0 Å². The highest BCUT2D eigenvalue weighted by Crippen LogP contribution is 2.29. The Morgan fingerprint density at radius 1 is 1.29 bits per heavy atom. The van der Waals surface area contributed by atoms with Gasteiger partial charge in [-0.3, -0.25) is 0 Å². The summed E-state index contributed by atoms with van der Waals surface area (Å²) in [6, 6.07) is 0. The average Bonchev–Trinajstić information content (AvgIpc) is 2.63. The van der Waals surface area contributed by atoms with E-state index in [-0.39, 0.29) is 0 Å². The lowest BCUT2D eigenvalue weighted by Gasteiger charge is -2.06. The highest BCUT2D eigenvalue weighted by atomic mass is 32.1. The molecule has 0 spiro atoms. The van der Waals surface area contributed by atoms with Crippen LogP contribution < -0.4 is 5.73 Å². The second-order valence-corrected chi connectivity index (χ2v) is 4.61. The van der Waals surface area contributed by atoms with E-state index in [9.17, 15) is 0 Å². The molecular formula is C11H20N2S. The van der Waals surface area contributed by atoms with E-state index in [0.29, 0.717) is 12.5 Å². The van der Waals surface area contributed by atoms with Gasteiger partial charge in [-0.1, -0.05) is 20.8 Å². The lowest BCUT2D eigenvalue weighted by molar-refractivity contribution is 0.635. The summed E-state index contributed by atoms with van der Waals surface area (Å²) in [6.07, 6.45) is 3.36. The molecular weight excluding hydrogens is 192 g/mol. The minimum absolute atomic E-state index is 0.630. The molecule has 0 amide bonds. The van der Waals surface area contributed by atoms with Crippen LogP contribution in [0.25, 0.3) is 0 Å². The van der Waals surface area contributed by atoms with Crippen LogP contribution in [-0.2, 0) is 13.0 Å². The van der Waals surface area contributed by atoms with Gasteiger partial charge in [0.1, 0.15) is 0 Å². The zero-order valence-electron chi connectivity index (χ0n) is 9.34. The number of thiazole rings is 1. The SMILES string of the molecule is CCc1nc(C(CC)CC)sc1CN. The largest absolute Gasteiger partial charge is 0.326 e. The predicted octanol–water partition coefficient (Wildman–Crippen LogP) is 3.07. The quantitative estimate of drug-likeness (QED) is 0.814. The van der Waals surface area contributed by atoms with Gasteiger partial charge in [-0.15, -0.1) is 11.3 Å². The van der Waals surface area contributed by atoms with Crippen molar-refractivity contribution < 1.29 is 0 Å². The fourth-order valence-electron chi connectivity index (χ4n) is 1.65. The van der Waals surface area contributed by atoms with Crippen molar-refractivity contribution >= 4 is 11.3 Å². The van der Waals surface area contributed by atoms with E-state index in [4.69, 9.17) is 5.73 Å². The molecule has 1 aromatic heterocycles. The summed E-state index contributed by atoms with van der Waals surface area (Å²) in [5.41, 5.74) is 6.90. The molecule has 0 aliphatic carbocycles. The third-order valence-corrected chi connectivity index (χ3v) is 3.93. The maximum atomic E-state index is 5.69.